The van der Waals surface area contributed by atoms with Gasteiger partial charge < -0.3 is 11.1 Å². The van der Waals surface area contributed by atoms with Gasteiger partial charge in [-0.15, -0.1) is 0 Å². The SMILES string of the molecule is CC(C)CCC(C)NC1CCC(C2C=C(C(N)=O)CCC2)CC1. The molecule has 0 aliphatic heterocycles. The standard InChI is InChI=1S/C20H36N2O/c1-14(2)7-8-15(3)22-19-11-9-16(10-12-19)17-5-4-6-18(13-17)20(21)23/h13-17,19,22H,4-12H2,1-3H3,(H2,21,23). The van der Waals surface area contributed by atoms with Crippen LogP contribution in [0.5, 0.6) is 0 Å². The summed E-state index contributed by atoms with van der Waals surface area (Å²) in [6.45, 7) is 6.93. The van der Waals surface area contributed by atoms with Crippen LogP contribution in [0.3, 0.4) is 0 Å². The maximum Gasteiger partial charge on any atom is 0.244 e. The van der Waals surface area contributed by atoms with Crippen molar-refractivity contribution in [1.29, 1.82) is 0 Å². The molecule has 1 fully saturated rings. The Hall–Kier alpha value is -0.830. The Morgan fingerprint density at radius 3 is 2.48 bits per heavy atom. The highest BCUT2D eigenvalue weighted by molar-refractivity contribution is 5.92. The first-order valence-corrected chi connectivity index (χ1v) is 9.72. The average Bonchev–Trinajstić information content (AvgIpc) is 2.54. The molecule has 2 aliphatic carbocycles. The molecule has 1 amide bonds. The molecule has 0 bridgehead atoms. The summed E-state index contributed by atoms with van der Waals surface area (Å²) in [5.41, 5.74) is 6.35. The van der Waals surface area contributed by atoms with Crippen molar-refractivity contribution in [3.8, 4) is 0 Å². The summed E-state index contributed by atoms with van der Waals surface area (Å²) in [4.78, 5) is 11.4. The normalized spacial score (nSPS) is 30.1. The summed E-state index contributed by atoms with van der Waals surface area (Å²) in [5, 5.41) is 3.84. The molecule has 2 rings (SSSR count). The fraction of sp³-hybridized carbons (Fsp3) is 0.850. The molecule has 0 aromatic carbocycles. The highest BCUT2D eigenvalue weighted by Crippen LogP contribution is 2.37. The van der Waals surface area contributed by atoms with Crippen molar-refractivity contribution in [2.45, 2.75) is 90.6 Å². The van der Waals surface area contributed by atoms with Gasteiger partial charge in [-0.1, -0.05) is 19.9 Å². The van der Waals surface area contributed by atoms with Gasteiger partial charge in [-0.25, -0.2) is 0 Å². The molecule has 132 valence electrons. The van der Waals surface area contributed by atoms with Crippen molar-refractivity contribution in [3.05, 3.63) is 11.6 Å². The molecule has 2 unspecified atom stereocenters. The quantitative estimate of drug-likeness (QED) is 0.739. The number of carbonyl (C=O) groups is 1. The largest absolute Gasteiger partial charge is 0.366 e. The van der Waals surface area contributed by atoms with Crippen LogP contribution in [0.4, 0.5) is 0 Å². The molecule has 0 radical (unpaired) electrons. The van der Waals surface area contributed by atoms with E-state index < -0.39 is 0 Å². The average molecular weight is 321 g/mol. The Kier molecular flexibility index (Phi) is 7.13. The molecule has 0 saturated heterocycles. The van der Waals surface area contributed by atoms with E-state index in [4.69, 9.17) is 5.73 Å². The number of hydrogen-bond acceptors (Lipinski definition) is 2. The van der Waals surface area contributed by atoms with Crippen molar-refractivity contribution in [3.63, 3.8) is 0 Å². The molecule has 0 spiro atoms. The van der Waals surface area contributed by atoms with Crippen LogP contribution in [0.2, 0.25) is 0 Å². The van der Waals surface area contributed by atoms with Crippen molar-refractivity contribution < 1.29 is 4.79 Å². The van der Waals surface area contributed by atoms with Crippen molar-refractivity contribution in [2.24, 2.45) is 23.5 Å². The Morgan fingerprint density at radius 1 is 1.17 bits per heavy atom. The molecule has 3 N–H and O–H groups in total. The van der Waals surface area contributed by atoms with Gasteiger partial charge in [0.1, 0.15) is 0 Å². The van der Waals surface area contributed by atoms with Crippen LogP contribution >= 0.6 is 0 Å². The second-order valence-electron chi connectivity index (χ2n) is 8.26. The molecule has 23 heavy (non-hydrogen) atoms. The lowest BCUT2D eigenvalue weighted by Gasteiger charge is -2.36. The number of amides is 1. The number of carbonyl (C=O) groups excluding carboxylic acids is 1. The zero-order chi connectivity index (χ0) is 16.8. The Bertz CT molecular complexity index is 408. The summed E-state index contributed by atoms with van der Waals surface area (Å²) in [6, 6.07) is 1.33. The van der Waals surface area contributed by atoms with Crippen LogP contribution in [0.25, 0.3) is 0 Å². The van der Waals surface area contributed by atoms with E-state index in [1.165, 1.54) is 44.9 Å². The number of hydrogen-bond donors (Lipinski definition) is 2. The van der Waals surface area contributed by atoms with E-state index >= 15 is 0 Å². The van der Waals surface area contributed by atoms with E-state index in [1.807, 2.05) is 0 Å². The number of allylic oxidation sites excluding steroid dienone is 1. The molecule has 0 heterocycles. The van der Waals surface area contributed by atoms with Crippen molar-refractivity contribution in [2.75, 3.05) is 0 Å². The van der Waals surface area contributed by atoms with E-state index in [9.17, 15) is 4.79 Å². The van der Waals surface area contributed by atoms with Gasteiger partial charge >= 0.3 is 0 Å². The maximum atomic E-state index is 11.4. The fourth-order valence-electron chi connectivity index (χ4n) is 4.31. The fourth-order valence-corrected chi connectivity index (χ4v) is 4.31. The Labute approximate surface area is 142 Å². The van der Waals surface area contributed by atoms with Crippen LogP contribution in [0, 0.1) is 17.8 Å². The Balaban J connectivity index is 1.75. The first-order valence-electron chi connectivity index (χ1n) is 9.72. The second-order valence-corrected chi connectivity index (χ2v) is 8.26. The van der Waals surface area contributed by atoms with Gasteiger partial charge in [0.15, 0.2) is 0 Å². The highest BCUT2D eigenvalue weighted by atomic mass is 16.1. The van der Waals surface area contributed by atoms with Crippen molar-refractivity contribution in [1.82, 2.24) is 5.32 Å². The van der Waals surface area contributed by atoms with Gasteiger partial charge in [-0.2, -0.15) is 0 Å². The summed E-state index contributed by atoms with van der Waals surface area (Å²) < 4.78 is 0. The number of rotatable bonds is 7. The first-order chi connectivity index (χ1) is 11.0. The zero-order valence-electron chi connectivity index (χ0n) is 15.3. The predicted molar refractivity (Wildman–Crippen MR) is 97.0 cm³/mol. The maximum absolute atomic E-state index is 11.4. The van der Waals surface area contributed by atoms with Crippen molar-refractivity contribution >= 4 is 5.91 Å². The molecule has 3 heteroatoms. The molecule has 1 saturated carbocycles. The van der Waals surface area contributed by atoms with Crippen LogP contribution in [0.15, 0.2) is 11.6 Å². The predicted octanol–water partition coefficient (Wildman–Crippen LogP) is 4.17. The number of nitrogens with one attached hydrogen (secondary N) is 1. The lowest BCUT2D eigenvalue weighted by molar-refractivity contribution is -0.114. The van der Waals surface area contributed by atoms with Gasteiger partial charge in [0.05, 0.1) is 0 Å². The van der Waals surface area contributed by atoms with Gasteiger partial charge in [0.25, 0.3) is 0 Å². The van der Waals surface area contributed by atoms with Gasteiger partial charge in [-0.3, -0.25) is 4.79 Å². The van der Waals surface area contributed by atoms with E-state index in [0.717, 1.165) is 30.3 Å². The summed E-state index contributed by atoms with van der Waals surface area (Å²) in [5.74, 6) is 1.94. The van der Waals surface area contributed by atoms with Crippen LogP contribution in [0.1, 0.15) is 78.6 Å². The molecule has 0 aromatic heterocycles. The monoisotopic (exact) mass is 320 g/mol. The third-order valence-corrected chi connectivity index (χ3v) is 5.79. The van der Waals surface area contributed by atoms with Crippen LogP contribution in [-0.2, 0) is 4.79 Å². The minimum atomic E-state index is -0.205. The molecule has 2 aliphatic rings. The third-order valence-electron chi connectivity index (χ3n) is 5.79. The molecule has 2 atom stereocenters. The van der Waals surface area contributed by atoms with E-state index in [1.54, 1.807) is 0 Å². The first kappa shape index (κ1) is 18.5. The third kappa shape index (κ3) is 5.95. The van der Waals surface area contributed by atoms with Gasteiger partial charge in [0, 0.05) is 17.7 Å². The number of nitrogens with two attached hydrogens (primary N) is 1. The van der Waals surface area contributed by atoms with Crippen LogP contribution in [-0.4, -0.2) is 18.0 Å². The summed E-state index contributed by atoms with van der Waals surface area (Å²) in [6.07, 6.45) is 13.2. The summed E-state index contributed by atoms with van der Waals surface area (Å²) >= 11 is 0. The lowest BCUT2D eigenvalue weighted by Crippen LogP contribution is -2.40. The van der Waals surface area contributed by atoms with E-state index in [0.29, 0.717) is 18.0 Å². The van der Waals surface area contributed by atoms with Gasteiger partial charge in [-0.05, 0) is 82.5 Å². The lowest BCUT2D eigenvalue weighted by atomic mass is 9.73. The minimum Gasteiger partial charge on any atom is -0.366 e. The van der Waals surface area contributed by atoms with Crippen LogP contribution < -0.4 is 11.1 Å². The topological polar surface area (TPSA) is 55.1 Å². The number of primary amides is 1. The second kappa shape index (κ2) is 8.86. The zero-order valence-corrected chi connectivity index (χ0v) is 15.3. The van der Waals surface area contributed by atoms with Gasteiger partial charge in [0.2, 0.25) is 5.91 Å². The molecular formula is C20H36N2O. The molecular weight excluding hydrogens is 284 g/mol. The molecule has 3 nitrogen and oxygen atoms in total. The van der Waals surface area contributed by atoms with E-state index in [-0.39, 0.29) is 5.91 Å². The molecule has 0 aromatic rings. The minimum absolute atomic E-state index is 0.205. The van der Waals surface area contributed by atoms with E-state index in [2.05, 4.69) is 32.2 Å². The Morgan fingerprint density at radius 2 is 1.87 bits per heavy atom. The highest BCUT2D eigenvalue weighted by Gasteiger charge is 2.29. The summed E-state index contributed by atoms with van der Waals surface area (Å²) in [7, 11) is 0. The smallest absolute Gasteiger partial charge is 0.244 e.